The fraction of sp³-hybridized carbons (Fsp3) is 0.667. The zero-order chi connectivity index (χ0) is 20.2. The first kappa shape index (κ1) is 21.9. The zero-order valence-corrected chi connectivity index (χ0v) is 16.4. The molecule has 1 aliphatic carbocycles. The minimum atomic E-state index is -4.41. The lowest BCUT2D eigenvalue weighted by molar-refractivity contribution is -0.137. The third-order valence-electron chi connectivity index (χ3n) is 5.86. The molecule has 1 aromatic rings. The first-order chi connectivity index (χ1) is 12.5. The lowest BCUT2D eigenvalue weighted by atomic mass is 9.70. The van der Waals surface area contributed by atoms with Gasteiger partial charge >= 0.3 is 6.18 Å². The summed E-state index contributed by atoms with van der Waals surface area (Å²) in [6.45, 7) is 2.02. The first-order valence-electron chi connectivity index (χ1n) is 9.65. The average molecular weight is 384 g/mol. The predicted molar refractivity (Wildman–Crippen MR) is 102 cm³/mol. The Labute approximate surface area is 160 Å². The van der Waals surface area contributed by atoms with Crippen LogP contribution in [0, 0.1) is 5.41 Å². The fourth-order valence-electron chi connectivity index (χ4n) is 3.93. The van der Waals surface area contributed by atoms with Crippen LogP contribution in [0.25, 0.3) is 0 Å². The van der Waals surface area contributed by atoms with Crippen LogP contribution in [-0.2, 0) is 6.18 Å². The number of hydrogen-bond donors (Lipinski definition) is 2. The summed E-state index contributed by atoms with van der Waals surface area (Å²) in [6.07, 6.45) is 0.333. The summed E-state index contributed by atoms with van der Waals surface area (Å²) in [5.41, 5.74) is -0.789. The summed E-state index contributed by atoms with van der Waals surface area (Å²) in [5, 5.41) is 19.7. The maximum absolute atomic E-state index is 13.2. The number of halogens is 3. The molecule has 0 saturated heterocycles. The Kier molecular flexibility index (Phi) is 7.09. The van der Waals surface area contributed by atoms with Crippen LogP contribution in [0.15, 0.2) is 24.3 Å². The second kappa shape index (κ2) is 8.74. The van der Waals surface area contributed by atoms with Crippen molar-refractivity contribution in [2.45, 2.75) is 75.6 Å². The van der Waals surface area contributed by atoms with E-state index >= 15 is 0 Å². The minimum absolute atomic E-state index is 0.167. The summed E-state index contributed by atoms with van der Waals surface area (Å²) in [4.78, 5) is 2.02. The molecule has 0 radical (unpaired) electrons. The quantitative estimate of drug-likeness (QED) is 0.632. The van der Waals surface area contributed by atoms with E-state index in [0.717, 1.165) is 31.4 Å². The molecule has 2 atom stereocenters. The van der Waals surface area contributed by atoms with Gasteiger partial charge in [0.25, 0.3) is 0 Å². The van der Waals surface area contributed by atoms with Crippen molar-refractivity contribution < 1.29 is 18.3 Å². The molecule has 0 aliphatic heterocycles. The standard InChI is InChI=1S/C21H31F3N2O/c1-15(26(2)3)12-18(25)14-19(20(27)10-5-4-6-11-20)16-8-7-9-17(13-16)21(22,23)24/h7-9,13,15,19,25,27H,4-6,10-12,14H2,1-3H3/t15-,19?/m0/s1. The number of hydrogen-bond acceptors (Lipinski definition) is 3. The van der Waals surface area contributed by atoms with E-state index in [1.807, 2.05) is 25.9 Å². The van der Waals surface area contributed by atoms with Crippen LogP contribution in [-0.4, -0.2) is 41.5 Å². The molecule has 1 unspecified atom stereocenters. The van der Waals surface area contributed by atoms with Crippen molar-refractivity contribution in [1.29, 1.82) is 5.41 Å². The molecule has 0 amide bonds. The molecule has 1 aliphatic rings. The Hall–Kier alpha value is -1.40. The number of rotatable bonds is 7. The van der Waals surface area contributed by atoms with Crippen molar-refractivity contribution >= 4 is 5.71 Å². The third-order valence-corrected chi connectivity index (χ3v) is 5.86. The van der Waals surface area contributed by atoms with Gasteiger partial charge in [-0.2, -0.15) is 13.2 Å². The van der Waals surface area contributed by atoms with Crippen LogP contribution >= 0.6 is 0 Å². The highest BCUT2D eigenvalue weighted by Crippen LogP contribution is 2.43. The van der Waals surface area contributed by atoms with Gasteiger partial charge in [-0.15, -0.1) is 0 Å². The minimum Gasteiger partial charge on any atom is -0.389 e. The van der Waals surface area contributed by atoms with Crippen molar-refractivity contribution in [2.75, 3.05) is 14.1 Å². The Morgan fingerprint density at radius 2 is 1.81 bits per heavy atom. The number of alkyl halides is 3. The monoisotopic (exact) mass is 384 g/mol. The van der Waals surface area contributed by atoms with Crippen molar-refractivity contribution in [2.24, 2.45) is 0 Å². The highest BCUT2D eigenvalue weighted by Gasteiger charge is 2.40. The van der Waals surface area contributed by atoms with Crippen LogP contribution in [0.3, 0.4) is 0 Å². The average Bonchev–Trinajstić information content (AvgIpc) is 2.59. The molecule has 1 saturated carbocycles. The van der Waals surface area contributed by atoms with Crippen LogP contribution < -0.4 is 0 Å². The number of aliphatic hydroxyl groups is 1. The molecule has 152 valence electrons. The normalized spacial score (nSPS) is 19.7. The third kappa shape index (κ3) is 5.79. The topological polar surface area (TPSA) is 47.3 Å². The van der Waals surface area contributed by atoms with Crippen LogP contribution in [0.4, 0.5) is 13.2 Å². The van der Waals surface area contributed by atoms with E-state index in [1.54, 1.807) is 6.07 Å². The predicted octanol–water partition coefficient (Wildman–Crippen LogP) is 5.23. The SMILES string of the molecule is C[C@@H](CC(=N)CC(c1cccc(C(F)(F)F)c1)C1(O)CCCCC1)N(C)C. The summed E-state index contributed by atoms with van der Waals surface area (Å²) >= 11 is 0. The van der Waals surface area contributed by atoms with E-state index in [-0.39, 0.29) is 12.5 Å². The Balaban J connectivity index is 2.32. The maximum atomic E-state index is 13.2. The Morgan fingerprint density at radius 1 is 1.19 bits per heavy atom. The lowest BCUT2D eigenvalue weighted by Crippen LogP contribution is -2.40. The summed E-state index contributed by atoms with van der Waals surface area (Å²) < 4.78 is 39.5. The second-order valence-corrected chi connectivity index (χ2v) is 8.16. The number of benzene rings is 1. The summed E-state index contributed by atoms with van der Waals surface area (Å²) in [6, 6.07) is 5.45. The molecular formula is C21H31F3N2O. The highest BCUT2D eigenvalue weighted by molar-refractivity contribution is 5.83. The molecule has 1 aromatic carbocycles. The van der Waals surface area contributed by atoms with Crippen LogP contribution in [0.1, 0.15) is 68.9 Å². The van der Waals surface area contributed by atoms with Crippen molar-refractivity contribution in [3.05, 3.63) is 35.4 Å². The number of nitrogens with zero attached hydrogens (tertiary/aromatic N) is 1. The first-order valence-corrected chi connectivity index (χ1v) is 9.65. The van der Waals surface area contributed by atoms with E-state index in [4.69, 9.17) is 5.41 Å². The lowest BCUT2D eigenvalue weighted by Gasteiger charge is -2.40. The van der Waals surface area contributed by atoms with Gasteiger partial charge in [-0.25, -0.2) is 0 Å². The second-order valence-electron chi connectivity index (χ2n) is 8.16. The molecule has 1 fully saturated rings. The van der Waals surface area contributed by atoms with E-state index in [1.165, 1.54) is 6.07 Å². The fourth-order valence-corrected chi connectivity index (χ4v) is 3.93. The molecule has 0 bridgehead atoms. The van der Waals surface area contributed by atoms with Gasteiger partial charge < -0.3 is 15.4 Å². The van der Waals surface area contributed by atoms with E-state index in [0.29, 0.717) is 30.5 Å². The van der Waals surface area contributed by atoms with Gasteiger partial charge in [0.2, 0.25) is 0 Å². The molecule has 3 nitrogen and oxygen atoms in total. The highest BCUT2D eigenvalue weighted by atomic mass is 19.4. The molecular weight excluding hydrogens is 353 g/mol. The molecule has 2 rings (SSSR count). The van der Waals surface area contributed by atoms with Gasteiger partial charge in [0.05, 0.1) is 11.2 Å². The molecule has 0 aromatic heterocycles. The smallest absolute Gasteiger partial charge is 0.389 e. The van der Waals surface area contributed by atoms with Gasteiger partial charge in [-0.3, -0.25) is 0 Å². The van der Waals surface area contributed by atoms with E-state index < -0.39 is 23.3 Å². The number of nitrogens with one attached hydrogen (secondary N) is 1. The van der Waals surface area contributed by atoms with Gasteiger partial charge in [-0.1, -0.05) is 37.5 Å². The maximum Gasteiger partial charge on any atom is 0.416 e. The zero-order valence-electron chi connectivity index (χ0n) is 16.4. The van der Waals surface area contributed by atoms with Crippen LogP contribution in [0.5, 0.6) is 0 Å². The van der Waals surface area contributed by atoms with E-state index in [2.05, 4.69) is 0 Å². The molecule has 0 spiro atoms. The van der Waals surface area contributed by atoms with Crippen LogP contribution in [0.2, 0.25) is 0 Å². The van der Waals surface area contributed by atoms with Crippen molar-refractivity contribution in [1.82, 2.24) is 4.90 Å². The summed E-state index contributed by atoms with van der Waals surface area (Å²) in [7, 11) is 3.88. The van der Waals surface area contributed by atoms with Gasteiger partial charge in [0, 0.05) is 24.1 Å². The van der Waals surface area contributed by atoms with Gasteiger partial charge in [0.15, 0.2) is 0 Å². The van der Waals surface area contributed by atoms with E-state index in [9.17, 15) is 18.3 Å². The van der Waals surface area contributed by atoms with Crippen molar-refractivity contribution in [3.63, 3.8) is 0 Å². The molecule has 6 heteroatoms. The summed E-state index contributed by atoms with van der Waals surface area (Å²) in [5.74, 6) is -0.484. The van der Waals surface area contributed by atoms with Crippen molar-refractivity contribution in [3.8, 4) is 0 Å². The molecule has 2 N–H and O–H groups in total. The molecule has 0 heterocycles. The Morgan fingerprint density at radius 3 is 2.37 bits per heavy atom. The Bertz CT molecular complexity index is 637. The van der Waals surface area contributed by atoms with Gasteiger partial charge in [-0.05, 0) is 51.9 Å². The van der Waals surface area contributed by atoms with Gasteiger partial charge in [0.1, 0.15) is 0 Å². The molecule has 27 heavy (non-hydrogen) atoms. The largest absolute Gasteiger partial charge is 0.416 e.